The van der Waals surface area contributed by atoms with Crippen LogP contribution in [-0.4, -0.2) is 29.4 Å². The summed E-state index contributed by atoms with van der Waals surface area (Å²) in [4.78, 5) is 10.7. The van der Waals surface area contributed by atoms with Crippen LogP contribution in [0.2, 0.25) is 0 Å². The normalized spacial score (nSPS) is 13.1. The molecule has 0 heterocycles. The Labute approximate surface area is 77.1 Å². The van der Waals surface area contributed by atoms with Gasteiger partial charge in [0.1, 0.15) is 6.54 Å². The zero-order chi connectivity index (χ0) is 11.3. The molecule has 82 valence electrons. The van der Waals surface area contributed by atoms with Gasteiger partial charge >= 0.3 is 5.97 Å². The summed E-state index contributed by atoms with van der Waals surface area (Å²) in [6, 6.07) is 0. The second-order valence-electron chi connectivity index (χ2n) is 2.38. The molecule has 0 aromatic carbocycles. The first-order chi connectivity index (χ1) is 6.34. The van der Waals surface area contributed by atoms with Gasteiger partial charge in [-0.2, -0.15) is 0 Å². The van der Waals surface area contributed by atoms with Crippen LogP contribution in [0.3, 0.4) is 0 Å². The molecule has 8 heteroatoms. The molecule has 0 bridgehead atoms. The van der Waals surface area contributed by atoms with Crippen LogP contribution in [0.15, 0.2) is 12.2 Å². The van der Waals surface area contributed by atoms with Gasteiger partial charge in [-0.1, -0.05) is 15.5 Å². The third kappa shape index (κ3) is 4.77. The molecule has 0 aromatic heterocycles. The molecule has 1 unspecified atom stereocenters. The number of hydrogen-bond donors (Lipinski definition) is 0. The van der Waals surface area contributed by atoms with Crippen molar-refractivity contribution >= 4 is 5.97 Å². The number of hydrogen-bond acceptors (Lipinski definition) is 4. The van der Waals surface area contributed by atoms with E-state index in [1.165, 1.54) is 6.92 Å². The van der Waals surface area contributed by atoms with Gasteiger partial charge < -0.3 is 4.74 Å². The van der Waals surface area contributed by atoms with Crippen LogP contribution in [0.25, 0.3) is 0 Å². The van der Waals surface area contributed by atoms with Crippen molar-refractivity contribution in [2.24, 2.45) is 0 Å². The van der Waals surface area contributed by atoms with Crippen LogP contribution in [0.5, 0.6) is 0 Å². The molecule has 0 rings (SSSR count). The van der Waals surface area contributed by atoms with Gasteiger partial charge in [0.15, 0.2) is 0 Å². The topological polar surface area (TPSA) is 32.8 Å². The Morgan fingerprint density at radius 2 is 1.93 bits per heavy atom. The van der Waals surface area contributed by atoms with E-state index >= 15 is 0 Å². The highest BCUT2D eigenvalue weighted by Gasteiger charge is 2.26. The Kier molecular flexibility index (Phi) is 5.10. The van der Waals surface area contributed by atoms with Gasteiger partial charge in [0.05, 0.1) is 5.34 Å². The standard InChI is InChI=1S/C6H8F4N2O2/c1-4(2)6(13)14-5(12(9)10)3-11(7)8/h5H,1,3H2,2H3. The average Bonchev–Trinajstić information content (AvgIpc) is 2.01. The zero-order valence-corrected chi connectivity index (χ0v) is 7.21. The molecule has 0 aliphatic carbocycles. The second kappa shape index (κ2) is 5.55. The Morgan fingerprint density at radius 3 is 2.21 bits per heavy atom. The van der Waals surface area contributed by atoms with Crippen LogP contribution >= 0.6 is 0 Å². The van der Waals surface area contributed by atoms with Gasteiger partial charge in [0.2, 0.25) is 6.23 Å². The number of halogens is 4. The van der Waals surface area contributed by atoms with Gasteiger partial charge in [-0.15, -0.1) is 8.96 Å². The minimum atomic E-state index is -2.31. The number of ether oxygens (including phenoxy) is 1. The molecule has 0 amide bonds. The summed E-state index contributed by atoms with van der Waals surface area (Å²) in [5.74, 6) is -1.16. The smallest absolute Gasteiger partial charge is 0.334 e. The highest BCUT2D eigenvalue weighted by Crippen LogP contribution is 2.08. The molecular weight excluding hydrogens is 208 g/mol. The van der Waals surface area contributed by atoms with Crippen LogP contribution in [0.4, 0.5) is 17.9 Å². The van der Waals surface area contributed by atoms with Crippen molar-refractivity contribution in [3.63, 3.8) is 0 Å². The molecule has 0 spiro atoms. The number of carbonyl (C=O) groups excluding carboxylic acids is 1. The van der Waals surface area contributed by atoms with E-state index in [1.54, 1.807) is 0 Å². The molecule has 4 nitrogen and oxygen atoms in total. The van der Waals surface area contributed by atoms with Crippen molar-refractivity contribution in [1.29, 1.82) is 0 Å². The predicted octanol–water partition coefficient (Wildman–Crippen LogP) is 1.57. The maximum absolute atomic E-state index is 11.8. The van der Waals surface area contributed by atoms with E-state index in [4.69, 9.17) is 0 Å². The lowest BCUT2D eigenvalue weighted by atomic mass is 10.4. The zero-order valence-electron chi connectivity index (χ0n) is 7.21. The fraction of sp³-hybridized carbons (Fsp3) is 0.500. The summed E-state index contributed by atoms with van der Waals surface area (Å²) < 4.78 is 50.8. The van der Waals surface area contributed by atoms with Crippen LogP contribution in [0, 0.1) is 0 Å². The van der Waals surface area contributed by atoms with E-state index in [9.17, 15) is 22.7 Å². The number of rotatable bonds is 5. The second-order valence-corrected chi connectivity index (χ2v) is 2.38. The van der Waals surface area contributed by atoms with Gasteiger partial charge in [-0.05, 0) is 6.92 Å². The highest BCUT2D eigenvalue weighted by atomic mass is 19.4. The number of carbonyl (C=O) groups is 1. The van der Waals surface area contributed by atoms with Crippen molar-refractivity contribution in [3.8, 4) is 0 Å². The molecule has 0 radical (unpaired) electrons. The predicted molar refractivity (Wildman–Crippen MR) is 37.7 cm³/mol. The maximum atomic E-state index is 11.8. The lowest BCUT2D eigenvalue weighted by Gasteiger charge is -2.16. The quantitative estimate of drug-likeness (QED) is 0.229. The third-order valence-corrected chi connectivity index (χ3v) is 1.10. The average molecular weight is 216 g/mol. The first-order valence-corrected chi connectivity index (χ1v) is 3.41. The molecule has 0 saturated carbocycles. The van der Waals surface area contributed by atoms with Crippen LogP contribution in [0.1, 0.15) is 6.92 Å². The van der Waals surface area contributed by atoms with Crippen LogP contribution in [-0.2, 0) is 9.53 Å². The van der Waals surface area contributed by atoms with E-state index in [0.717, 1.165) is 0 Å². The first kappa shape index (κ1) is 12.8. The minimum absolute atomic E-state index is 0.152. The van der Waals surface area contributed by atoms with Gasteiger partial charge in [-0.25, -0.2) is 4.79 Å². The lowest BCUT2D eigenvalue weighted by molar-refractivity contribution is -0.285. The fourth-order valence-electron chi connectivity index (χ4n) is 0.481. The Bertz CT molecular complexity index is 222. The molecule has 0 aliphatic heterocycles. The van der Waals surface area contributed by atoms with E-state index in [1.807, 2.05) is 0 Å². The summed E-state index contributed by atoms with van der Waals surface area (Å²) in [5.41, 5.74) is -0.152. The maximum Gasteiger partial charge on any atom is 0.334 e. The summed E-state index contributed by atoms with van der Waals surface area (Å²) in [6.45, 7) is 2.91. The highest BCUT2D eigenvalue weighted by molar-refractivity contribution is 5.87. The third-order valence-electron chi connectivity index (χ3n) is 1.10. The molecule has 0 N–H and O–H groups in total. The van der Waals surface area contributed by atoms with Gasteiger partial charge in [-0.3, -0.25) is 0 Å². The molecule has 0 aromatic rings. The molecular formula is C6H8F4N2O2. The van der Waals surface area contributed by atoms with Crippen molar-refractivity contribution in [2.45, 2.75) is 13.2 Å². The molecule has 0 saturated heterocycles. The fourth-order valence-corrected chi connectivity index (χ4v) is 0.481. The van der Waals surface area contributed by atoms with Crippen LogP contribution < -0.4 is 0 Å². The number of esters is 1. The monoisotopic (exact) mass is 216 g/mol. The van der Waals surface area contributed by atoms with Gasteiger partial charge in [0, 0.05) is 10.9 Å². The molecule has 0 fully saturated rings. The van der Waals surface area contributed by atoms with E-state index < -0.39 is 29.4 Å². The first-order valence-electron chi connectivity index (χ1n) is 3.41. The Balaban J connectivity index is 4.23. The molecule has 14 heavy (non-hydrogen) atoms. The van der Waals surface area contributed by atoms with E-state index in [2.05, 4.69) is 11.3 Å². The van der Waals surface area contributed by atoms with Crippen molar-refractivity contribution < 1.29 is 27.5 Å². The largest absolute Gasteiger partial charge is 0.436 e. The van der Waals surface area contributed by atoms with Crippen molar-refractivity contribution in [2.75, 3.05) is 6.54 Å². The Morgan fingerprint density at radius 1 is 1.43 bits per heavy atom. The van der Waals surface area contributed by atoms with E-state index in [0.29, 0.717) is 0 Å². The minimum Gasteiger partial charge on any atom is -0.436 e. The summed E-state index contributed by atoms with van der Waals surface area (Å²) >= 11 is 0. The van der Waals surface area contributed by atoms with Gasteiger partial charge in [0.25, 0.3) is 0 Å². The summed E-state index contributed by atoms with van der Waals surface area (Å²) in [5, 5.41) is -3.13. The summed E-state index contributed by atoms with van der Waals surface area (Å²) in [7, 11) is 0. The Hall–Kier alpha value is -1.15. The lowest BCUT2D eigenvalue weighted by Crippen LogP contribution is -2.35. The molecule has 0 aliphatic rings. The molecule has 1 atom stereocenters. The van der Waals surface area contributed by atoms with Crippen molar-refractivity contribution in [3.05, 3.63) is 12.2 Å². The SMILES string of the molecule is C=C(C)C(=O)OC(CN(F)F)N(F)F. The van der Waals surface area contributed by atoms with Crippen molar-refractivity contribution in [1.82, 2.24) is 10.7 Å². The summed E-state index contributed by atoms with van der Waals surface area (Å²) in [6.07, 6.45) is -2.31. The number of nitrogens with zero attached hydrogens (tertiary/aromatic N) is 2. The van der Waals surface area contributed by atoms with E-state index in [-0.39, 0.29) is 5.57 Å².